The molecule has 0 fully saturated rings. The molecule has 0 spiro atoms. The van der Waals surface area contributed by atoms with E-state index in [2.05, 4.69) is 12.4 Å². The van der Waals surface area contributed by atoms with E-state index in [0.717, 1.165) is 6.42 Å². The van der Waals surface area contributed by atoms with Crippen LogP contribution in [0.25, 0.3) is 0 Å². The molecule has 0 amide bonds. The van der Waals surface area contributed by atoms with Crippen LogP contribution < -0.4 is 22.3 Å². The first kappa shape index (κ1) is 12.1. The molecule has 0 saturated heterocycles. The van der Waals surface area contributed by atoms with Crippen molar-refractivity contribution < 1.29 is 27.4 Å². The molecule has 3 N–H and O–H groups in total. The first-order valence-corrected chi connectivity index (χ1v) is 3.30. The number of unbranched alkanes of at least 4 members (excludes halogenated alkanes) is 2. The molecule has 0 unspecified atom stereocenters. The molecule has 0 heterocycles. The van der Waals surface area contributed by atoms with E-state index in [1.54, 1.807) is 0 Å². The van der Waals surface area contributed by atoms with E-state index in [1.807, 2.05) is 0 Å². The maximum Gasteiger partial charge on any atom is 0.0753 e. The summed E-state index contributed by atoms with van der Waals surface area (Å²) in [7, 11) is 2.07. The van der Waals surface area contributed by atoms with Crippen LogP contribution in [0.3, 0.4) is 0 Å². The number of aliphatic hydroxyl groups is 1. The van der Waals surface area contributed by atoms with E-state index < -0.39 is 0 Å². The number of halogens is 1. The quantitative estimate of drug-likeness (QED) is 0.439. The summed E-state index contributed by atoms with van der Waals surface area (Å²) >= 11 is 0. The summed E-state index contributed by atoms with van der Waals surface area (Å²) in [4.78, 5) is 0. The van der Waals surface area contributed by atoms with Crippen LogP contribution in [0.2, 0.25) is 0 Å². The van der Waals surface area contributed by atoms with Gasteiger partial charge < -0.3 is 27.4 Å². The van der Waals surface area contributed by atoms with Crippen molar-refractivity contribution >= 4 is 0 Å². The zero-order valence-electron chi connectivity index (χ0n) is 5.94. The summed E-state index contributed by atoms with van der Waals surface area (Å²) in [5, 5.41) is 10.5. The Morgan fingerprint density at radius 3 is 2.33 bits per heavy atom. The first-order chi connectivity index (χ1) is 3.91. The zero-order valence-corrected chi connectivity index (χ0v) is 7.52. The number of nitrogens with two attached hydrogens (primary N) is 1. The average Bonchev–Trinajstić information content (AvgIpc) is 1.81. The number of quaternary nitrogens is 1. The van der Waals surface area contributed by atoms with Crippen LogP contribution in [0.15, 0.2) is 0 Å². The second-order valence-electron chi connectivity index (χ2n) is 1.98. The monoisotopic (exact) mass is 197 g/mol. The predicted molar refractivity (Wildman–Crippen MR) is 33.7 cm³/mol. The smallest absolute Gasteiger partial charge is 0.0753 e. The van der Waals surface area contributed by atoms with Crippen LogP contribution in [0, 0.1) is 0 Å². The summed E-state index contributed by atoms with van der Waals surface area (Å²) < 4.78 is 0. The summed E-state index contributed by atoms with van der Waals surface area (Å²) in [6, 6.07) is 0. The predicted octanol–water partition coefficient (Wildman–Crippen LogP) is -3.65. The van der Waals surface area contributed by atoms with Gasteiger partial charge in [-0.25, -0.2) is 0 Å². The molecule has 0 aromatic carbocycles. The topological polar surface area (TPSA) is 36.8 Å². The third kappa shape index (κ3) is 11.8. The molecule has 0 bridgehead atoms. The maximum atomic E-state index is 8.36. The minimum absolute atomic E-state index is 0. The fourth-order valence-electron chi connectivity index (χ4n) is 0.637. The third-order valence-electron chi connectivity index (χ3n) is 1.15. The van der Waals surface area contributed by atoms with Crippen molar-refractivity contribution in [1.82, 2.24) is 0 Å². The Labute approximate surface area is 67.4 Å². The van der Waals surface area contributed by atoms with Gasteiger partial charge in [-0.2, -0.15) is 0 Å². The van der Waals surface area contributed by atoms with E-state index in [9.17, 15) is 0 Å². The van der Waals surface area contributed by atoms with Gasteiger partial charge in [-0.1, -0.05) is 0 Å². The van der Waals surface area contributed by atoms with Crippen molar-refractivity contribution in [2.45, 2.75) is 19.3 Å². The molecule has 0 aromatic heterocycles. The molecular formula is C6H16BrNO. The van der Waals surface area contributed by atoms with E-state index in [1.165, 1.54) is 19.4 Å². The average molecular weight is 198 g/mol. The third-order valence-corrected chi connectivity index (χ3v) is 1.15. The van der Waals surface area contributed by atoms with Crippen molar-refractivity contribution in [3.8, 4) is 0 Å². The van der Waals surface area contributed by atoms with Crippen LogP contribution in [0.1, 0.15) is 19.3 Å². The highest BCUT2D eigenvalue weighted by atomic mass is 79.9. The van der Waals surface area contributed by atoms with E-state index >= 15 is 0 Å². The lowest BCUT2D eigenvalue weighted by Crippen LogP contribution is -3.00. The number of rotatable bonds is 5. The second-order valence-corrected chi connectivity index (χ2v) is 1.98. The van der Waals surface area contributed by atoms with Gasteiger partial charge in [-0.15, -0.1) is 0 Å². The Bertz CT molecular complexity index is 38.0. The van der Waals surface area contributed by atoms with Crippen LogP contribution in [-0.2, 0) is 0 Å². The molecule has 2 nitrogen and oxygen atoms in total. The molecule has 58 valence electrons. The Kier molecular flexibility index (Phi) is 15.1. The maximum absolute atomic E-state index is 8.36. The molecular weight excluding hydrogens is 182 g/mol. The standard InChI is InChI=1S/C6H15NO.BrH/c1-7-5-3-2-4-6-8;/h7-8H,2-6H2,1H3;1H. The molecule has 0 atom stereocenters. The molecule has 0 aromatic rings. The van der Waals surface area contributed by atoms with Gasteiger partial charge >= 0.3 is 0 Å². The number of hydrogen-bond donors (Lipinski definition) is 2. The van der Waals surface area contributed by atoms with Crippen molar-refractivity contribution in [2.24, 2.45) is 0 Å². The lowest BCUT2D eigenvalue weighted by Gasteiger charge is -1.93. The Balaban J connectivity index is 0. The van der Waals surface area contributed by atoms with E-state index in [-0.39, 0.29) is 17.0 Å². The second kappa shape index (κ2) is 11.2. The highest BCUT2D eigenvalue weighted by Gasteiger charge is 1.85. The molecule has 0 rings (SSSR count). The Morgan fingerprint density at radius 1 is 1.22 bits per heavy atom. The van der Waals surface area contributed by atoms with Gasteiger partial charge in [0.25, 0.3) is 0 Å². The van der Waals surface area contributed by atoms with Crippen LogP contribution in [0.4, 0.5) is 0 Å². The molecule has 0 aliphatic rings. The van der Waals surface area contributed by atoms with Gasteiger partial charge in [0.05, 0.1) is 13.6 Å². The van der Waals surface area contributed by atoms with E-state index in [0.29, 0.717) is 6.61 Å². The Morgan fingerprint density at radius 2 is 1.89 bits per heavy atom. The molecule has 3 heteroatoms. The summed E-state index contributed by atoms with van der Waals surface area (Å²) in [6.07, 6.45) is 3.37. The molecule has 0 radical (unpaired) electrons. The summed E-state index contributed by atoms with van der Waals surface area (Å²) in [6.45, 7) is 1.55. The molecule has 0 aliphatic heterocycles. The fourth-order valence-corrected chi connectivity index (χ4v) is 0.637. The first-order valence-electron chi connectivity index (χ1n) is 3.30. The largest absolute Gasteiger partial charge is 1.00 e. The van der Waals surface area contributed by atoms with Gasteiger partial charge in [0.2, 0.25) is 0 Å². The van der Waals surface area contributed by atoms with Crippen LogP contribution >= 0.6 is 0 Å². The van der Waals surface area contributed by atoms with Crippen LogP contribution in [-0.4, -0.2) is 25.3 Å². The van der Waals surface area contributed by atoms with Gasteiger partial charge in [-0.05, 0) is 19.3 Å². The minimum Gasteiger partial charge on any atom is -1.00 e. The molecule has 9 heavy (non-hydrogen) atoms. The van der Waals surface area contributed by atoms with Crippen molar-refractivity contribution in [1.29, 1.82) is 0 Å². The summed E-state index contributed by atoms with van der Waals surface area (Å²) in [5.74, 6) is 0. The SMILES string of the molecule is C[NH2+]CCCCCO.[Br-]. The van der Waals surface area contributed by atoms with Crippen LogP contribution in [0.5, 0.6) is 0 Å². The lowest BCUT2D eigenvalue weighted by molar-refractivity contribution is -0.627. The fraction of sp³-hybridized carbons (Fsp3) is 1.00. The minimum atomic E-state index is 0. The van der Waals surface area contributed by atoms with E-state index in [4.69, 9.17) is 5.11 Å². The van der Waals surface area contributed by atoms with Crippen molar-refractivity contribution in [3.63, 3.8) is 0 Å². The van der Waals surface area contributed by atoms with Crippen molar-refractivity contribution in [2.75, 3.05) is 20.2 Å². The van der Waals surface area contributed by atoms with Gasteiger partial charge in [0, 0.05) is 6.61 Å². The number of aliphatic hydroxyl groups excluding tert-OH is 1. The van der Waals surface area contributed by atoms with Crippen molar-refractivity contribution in [3.05, 3.63) is 0 Å². The number of hydrogen-bond acceptors (Lipinski definition) is 1. The Hall–Kier alpha value is 0.400. The normalized spacial score (nSPS) is 8.67. The highest BCUT2D eigenvalue weighted by molar-refractivity contribution is 4.35. The van der Waals surface area contributed by atoms with Gasteiger partial charge in [-0.3, -0.25) is 0 Å². The lowest BCUT2D eigenvalue weighted by atomic mass is 10.2. The van der Waals surface area contributed by atoms with Gasteiger partial charge in [0.1, 0.15) is 0 Å². The molecule has 0 saturated carbocycles. The highest BCUT2D eigenvalue weighted by Crippen LogP contribution is 1.89. The zero-order chi connectivity index (χ0) is 6.24. The molecule has 0 aliphatic carbocycles. The summed E-state index contributed by atoms with van der Waals surface area (Å²) in [5.41, 5.74) is 0. The van der Waals surface area contributed by atoms with Gasteiger partial charge in [0.15, 0.2) is 0 Å².